The van der Waals surface area contributed by atoms with Crippen LogP contribution in [0.1, 0.15) is 25.7 Å². The predicted molar refractivity (Wildman–Crippen MR) is 67.4 cm³/mol. The van der Waals surface area contributed by atoms with E-state index in [-0.39, 0.29) is 30.0 Å². The fourth-order valence-corrected chi connectivity index (χ4v) is 2.79. The monoisotopic (exact) mass is 256 g/mol. The Balaban J connectivity index is 2.03. The molecule has 0 atom stereocenters. The number of allylic oxidation sites excluding steroid dienone is 7. The van der Waals surface area contributed by atoms with Gasteiger partial charge >= 0.3 is 5.97 Å². The molecular formula is C15H12O4. The van der Waals surface area contributed by atoms with Crippen LogP contribution < -0.4 is 0 Å². The van der Waals surface area contributed by atoms with Crippen molar-refractivity contribution < 1.29 is 19.5 Å². The summed E-state index contributed by atoms with van der Waals surface area (Å²) in [6.07, 6.45) is 6.80. The number of Topliss-reactive ketones (excluding diaryl/α,β-unsaturated/α-hetero) is 2. The molecule has 0 aliphatic heterocycles. The van der Waals surface area contributed by atoms with Crippen LogP contribution in [-0.2, 0) is 14.4 Å². The third-order valence-electron chi connectivity index (χ3n) is 3.80. The quantitative estimate of drug-likeness (QED) is 0.727. The van der Waals surface area contributed by atoms with E-state index in [1.54, 1.807) is 6.08 Å². The first kappa shape index (κ1) is 11.8. The Morgan fingerprint density at radius 2 is 1.89 bits per heavy atom. The second-order valence-electron chi connectivity index (χ2n) is 4.86. The maximum Gasteiger partial charge on any atom is 0.331 e. The van der Waals surface area contributed by atoms with Crippen molar-refractivity contribution >= 4 is 17.5 Å². The summed E-state index contributed by atoms with van der Waals surface area (Å²) in [5.74, 6) is -1.27. The van der Waals surface area contributed by atoms with Gasteiger partial charge in [-0.05, 0) is 19.3 Å². The summed E-state index contributed by atoms with van der Waals surface area (Å²) in [5.41, 5.74) is 2.11. The van der Waals surface area contributed by atoms with E-state index in [1.165, 1.54) is 6.08 Å². The Morgan fingerprint density at radius 1 is 1.11 bits per heavy atom. The fraction of sp³-hybridized carbons (Fsp3) is 0.267. The number of carbonyl (C=O) groups is 3. The zero-order valence-corrected chi connectivity index (χ0v) is 10.2. The van der Waals surface area contributed by atoms with E-state index in [0.29, 0.717) is 28.7 Å². The van der Waals surface area contributed by atoms with Crippen molar-refractivity contribution in [1.29, 1.82) is 0 Å². The molecule has 0 heterocycles. The maximum absolute atomic E-state index is 12.4. The van der Waals surface area contributed by atoms with Crippen LogP contribution >= 0.6 is 0 Å². The van der Waals surface area contributed by atoms with Gasteiger partial charge in [0.2, 0.25) is 0 Å². The highest BCUT2D eigenvalue weighted by Crippen LogP contribution is 2.37. The van der Waals surface area contributed by atoms with Crippen LogP contribution in [0.5, 0.6) is 0 Å². The van der Waals surface area contributed by atoms with E-state index in [0.717, 1.165) is 6.42 Å². The molecule has 3 aliphatic carbocycles. The molecular weight excluding hydrogens is 244 g/mol. The zero-order chi connectivity index (χ0) is 13.6. The molecule has 96 valence electrons. The van der Waals surface area contributed by atoms with Crippen LogP contribution in [-0.4, -0.2) is 22.6 Å². The minimum Gasteiger partial charge on any atom is -0.478 e. The van der Waals surface area contributed by atoms with Crippen molar-refractivity contribution in [3.63, 3.8) is 0 Å². The minimum atomic E-state index is -1.02. The Morgan fingerprint density at radius 3 is 2.63 bits per heavy atom. The molecule has 3 aliphatic rings. The summed E-state index contributed by atoms with van der Waals surface area (Å²) >= 11 is 0. The average molecular weight is 256 g/mol. The van der Waals surface area contributed by atoms with Crippen LogP contribution in [0.25, 0.3) is 0 Å². The van der Waals surface area contributed by atoms with Gasteiger partial charge in [-0.3, -0.25) is 9.59 Å². The summed E-state index contributed by atoms with van der Waals surface area (Å²) in [5, 5.41) is 9.00. The molecule has 0 saturated carbocycles. The van der Waals surface area contributed by atoms with E-state index in [1.807, 2.05) is 6.08 Å². The Labute approximate surface area is 109 Å². The van der Waals surface area contributed by atoms with Crippen molar-refractivity contribution in [2.75, 3.05) is 0 Å². The van der Waals surface area contributed by atoms with E-state index in [2.05, 4.69) is 0 Å². The maximum atomic E-state index is 12.4. The topological polar surface area (TPSA) is 71.4 Å². The molecule has 0 saturated heterocycles. The Hall–Kier alpha value is -2.23. The van der Waals surface area contributed by atoms with Crippen LogP contribution in [0.15, 0.2) is 46.1 Å². The lowest BCUT2D eigenvalue weighted by molar-refractivity contribution is -0.132. The van der Waals surface area contributed by atoms with Crippen molar-refractivity contribution in [3.05, 3.63) is 46.1 Å². The molecule has 4 heteroatoms. The molecule has 3 rings (SSSR count). The first-order chi connectivity index (χ1) is 9.09. The molecule has 0 unspecified atom stereocenters. The van der Waals surface area contributed by atoms with Gasteiger partial charge in [-0.25, -0.2) is 4.79 Å². The summed E-state index contributed by atoms with van der Waals surface area (Å²) in [4.78, 5) is 35.7. The highest BCUT2D eigenvalue weighted by atomic mass is 16.4. The van der Waals surface area contributed by atoms with Gasteiger partial charge in [-0.15, -0.1) is 0 Å². The molecule has 0 aromatic heterocycles. The van der Waals surface area contributed by atoms with Crippen molar-refractivity contribution in [2.45, 2.75) is 25.7 Å². The highest BCUT2D eigenvalue weighted by Gasteiger charge is 2.35. The van der Waals surface area contributed by atoms with Crippen molar-refractivity contribution in [2.24, 2.45) is 0 Å². The second kappa shape index (κ2) is 4.16. The van der Waals surface area contributed by atoms with Gasteiger partial charge in [0.25, 0.3) is 0 Å². The van der Waals surface area contributed by atoms with E-state index < -0.39 is 5.97 Å². The lowest BCUT2D eigenvalue weighted by Gasteiger charge is -2.26. The lowest BCUT2D eigenvalue weighted by atomic mass is 9.75. The predicted octanol–water partition coefficient (Wildman–Crippen LogP) is 1.89. The third-order valence-corrected chi connectivity index (χ3v) is 3.80. The summed E-state index contributed by atoms with van der Waals surface area (Å²) in [7, 11) is 0. The molecule has 1 N–H and O–H groups in total. The second-order valence-corrected chi connectivity index (χ2v) is 4.86. The molecule has 0 radical (unpaired) electrons. The molecule has 0 aromatic carbocycles. The number of hydrogen-bond donors (Lipinski definition) is 1. The van der Waals surface area contributed by atoms with Gasteiger partial charge in [0, 0.05) is 34.3 Å². The van der Waals surface area contributed by atoms with Gasteiger partial charge in [0.15, 0.2) is 11.6 Å². The van der Waals surface area contributed by atoms with Gasteiger partial charge < -0.3 is 5.11 Å². The first-order valence-corrected chi connectivity index (χ1v) is 6.23. The normalized spacial score (nSPS) is 22.2. The molecule has 0 aromatic rings. The fourth-order valence-electron chi connectivity index (χ4n) is 2.79. The third kappa shape index (κ3) is 1.71. The molecule has 0 amide bonds. The van der Waals surface area contributed by atoms with Crippen molar-refractivity contribution in [1.82, 2.24) is 0 Å². The molecule has 0 bridgehead atoms. The van der Waals surface area contributed by atoms with Gasteiger partial charge in [-0.1, -0.05) is 18.2 Å². The number of carboxylic acid groups (broad SMARTS) is 1. The van der Waals surface area contributed by atoms with Crippen LogP contribution in [0, 0.1) is 0 Å². The van der Waals surface area contributed by atoms with Crippen LogP contribution in [0.3, 0.4) is 0 Å². The van der Waals surface area contributed by atoms with Gasteiger partial charge in [0.1, 0.15) is 0 Å². The lowest BCUT2D eigenvalue weighted by Crippen LogP contribution is -2.27. The summed E-state index contributed by atoms with van der Waals surface area (Å²) in [6, 6.07) is 0. The van der Waals surface area contributed by atoms with Gasteiger partial charge in [-0.2, -0.15) is 0 Å². The highest BCUT2D eigenvalue weighted by molar-refractivity contribution is 6.27. The van der Waals surface area contributed by atoms with E-state index >= 15 is 0 Å². The zero-order valence-electron chi connectivity index (χ0n) is 10.2. The average Bonchev–Trinajstić information content (AvgIpc) is 2.44. The molecule has 0 fully saturated rings. The Kier molecular flexibility index (Phi) is 2.59. The molecule has 4 nitrogen and oxygen atoms in total. The number of aliphatic carboxylic acids is 1. The number of ketones is 2. The molecule has 0 spiro atoms. The first-order valence-electron chi connectivity index (χ1n) is 6.23. The number of hydrogen-bond acceptors (Lipinski definition) is 3. The van der Waals surface area contributed by atoms with E-state index in [4.69, 9.17) is 5.11 Å². The standard InChI is InChI=1S/C15H12O4/c16-13-9-3-1-2-4-10(9)14(17)12-7-8(15(18)19)5-6-11(12)13/h2,4-5H,1,3,6-7H2,(H,18,19). The number of rotatable bonds is 1. The van der Waals surface area contributed by atoms with E-state index in [9.17, 15) is 14.4 Å². The van der Waals surface area contributed by atoms with Gasteiger partial charge in [0.05, 0.1) is 0 Å². The number of carboxylic acids is 1. The van der Waals surface area contributed by atoms with Crippen molar-refractivity contribution in [3.8, 4) is 0 Å². The van der Waals surface area contributed by atoms with Crippen LogP contribution in [0.2, 0.25) is 0 Å². The smallest absolute Gasteiger partial charge is 0.331 e. The summed E-state index contributed by atoms with van der Waals surface area (Å²) < 4.78 is 0. The largest absolute Gasteiger partial charge is 0.478 e. The number of carbonyl (C=O) groups excluding carboxylic acids is 2. The summed E-state index contributed by atoms with van der Waals surface area (Å²) in [6.45, 7) is 0. The Bertz CT molecular complexity index is 641. The molecule has 19 heavy (non-hydrogen) atoms. The van der Waals surface area contributed by atoms with Crippen LogP contribution in [0.4, 0.5) is 0 Å². The SMILES string of the molecule is O=C(O)C1=CCC2=C(C1)C(=O)C1=C(CCC=C1)C2=O. The minimum absolute atomic E-state index is 0.0554.